The lowest BCUT2D eigenvalue weighted by atomic mass is 10.1. The van der Waals surface area contributed by atoms with Crippen molar-refractivity contribution in [3.63, 3.8) is 0 Å². The number of aliphatic carboxylic acids is 1. The molecule has 1 aliphatic rings. The standard InChI is InChI=1S/C16H21NO5S/c1-3-6-21-7-8-22-11-4-5-12(13(18)9-11)14-17-16(2,10-23-14)15(19)20/h4-5,9,18H,3,6-8,10H2,1-2H3,(H,19,20)/t16-/m1/s1. The van der Waals surface area contributed by atoms with Crippen LogP contribution in [-0.2, 0) is 9.53 Å². The highest BCUT2D eigenvalue weighted by atomic mass is 32.2. The van der Waals surface area contributed by atoms with Gasteiger partial charge in [-0.15, -0.1) is 11.8 Å². The van der Waals surface area contributed by atoms with Crippen LogP contribution in [0.5, 0.6) is 11.5 Å². The molecular formula is C16H21NO5S. The fourth-order valence-electron chi connectivity index (χ4n) is 1.99. The first-order valence-electron chi connectivity index (χ1n) is 7.46. The van der Waals surface area contributed by atoms with Crippen LogP contribution in [0.2, 0.25) is 0 Å². The Labute approximate surface area is 139 Å². The van der Waals surface area contributed by atoms with Crippen molar-refractivity contribution in [2.75, 3.05) is 25.6 Å². The number of phenolic OH excluding ortho intramolecular Hbond substituents is 1. The summed E-state index contributed by atoms with van der Waals surface area (Å²) in [5.74, 6) is -0.0512. The van der Waals surface area contributed by atoms with E-state index in [1.54, 1.807) is 19.1 Å². The third kappa shape index (κ3) is 4.39. The molecule has 0 fully saturated rings. The predicted octanol–water partition coefficient (Wildman–Crippen LogP) is 2.53. The van der Waals surface area contributed by atoms with E-state index in [9.17, 15) is 15.0 Å². The Morgan fingerprint density at radius 2 is 2.17 bits per heavy atom. The molecule has 23 heavy (non-hydrogen) atoms. The zero-order valence-electron chi connectivity index (χ0n) is 13.2. The maximum absolute atomic E-state index is 11.2. The highest BCUT2D eigenvalue weighted by Gasteiger charge is 2.38. The fourth-order valence-corrected chi connectivity index (χ4v) is 3.19. The number of hydrogen-bond donors (Lipinski definition) is 2. The smallest absolute Gasteiger partial charge is 0.332 e. The van der Waals surface area contributed by atoms with Crippen LogP contribution in [0.4, 0.5) is 0 Å². The van der Waals surface area contributed by atoms with Gasteiger partial charge in [-0.2, -0.15) is 0 Å². The summed E-state index contributed by atoms with van der Waals surface area (Å²) < 4.78 is 10.8. The number of benzene rings is 1. The number of carbonyl (C=O) groups is 1. The minimum Gasteiger partial charge on any atom is -0.507 e. The minimum absolute atomic E-state index is 0.0258. The molecule has 0 amide bonds. The highest BCUT2D eigenvalue weighted by molar-refractivity contribution is 8.14. The lowest BCUT2D eigenvalue weighted by Gasteiger charge is -2.11. The number of thioether (sulfide) groups is 1. The first-order valence-corrected chi connectivity index (χ1v) is 8.45. The van der Waals surface area contributed by atoms with Crippen molar-refractivity contribution < 1.29 is 24.5 Å². The molecule has 7 heteroatoms. The number of phenols is 1. The maximum atomic E-state index is 11.2. The van der Waals surface area contributed by atoms with Crippen LogP contribution >= 0.6 is 11.8 Å². The molecule has 0 aromatic heterocycles. The fraction of sp³-hybridized carbons (Fsp3) is 0.500. The van der Waals surface area contributed by atoms with Crippen LogP contribution < -0.4 is 4.74 Å². The molecule has 0 saturated carbocycles. The van der Waals surface area contributed by atoms with Crippen LogP contribution in [0.25, 0.3) is 0 Å². The second-order valence-corrected chi connectivity index (χ2v) is 6.39. The molecule has 2 N–H and O–H groups in total. The van der Waals surface area contributed by atoms with Crippen molar-refractivity contribution in [1.29, 1.82) is 0 Å². The third-order valence-electron chi connectivity index (χ3n) is 3.34. The number of carboxylic acids is 1. The summed E-state index contributed by atoms with van der Waals surface area (Å²) >= 11 is 1.33. The summed E-state index contributed by atoms with van der Waals surface area (Å²) in [4.78, 5) is 15.5. The largest absolute Gasteiger partial charge is 0.507 e. The van der Waals surface area contributed by atoms with E-state index in [2.05, 4.69) is 4.99 Å². The van der Waals surface area contributed by atoms with Crippen LogP contribution in [0.15, 0.2) is 23.2 Å². The summed E-state index contributed by atoms with van der Waals surface area (Å²) in [6.45, 7) is 5.21. The zero-order chi connectivity index (χ0) is 16.9. The van der Waals surface area contributed by atoms with Gasteiger partial charge in [0.1, 0.15) is 23.1 Å². The Morgan fingerprint density at radius 3 is 2.78 bits per heavy atom. The number of hydrogen-bond acceptors (Lipinski definition) is 6. The Kier molecular flexibility index (Phi) is 5.90. The molecule has 1 atom stereocenters. The number of nitrogens with zero attached hydrogens (tertiary/aromatic N) is 1. The first-order chi connectivity index (χ1) is 11.0. The molecule has 1 heterocycles. The number of aliphatic imine (C=N–C) groups is 1. The molecule has 1 aromatic rings. The van der Waals surface area contributed by atoms with Crippen molar-refractivity contribution in [3.8, 4) is 11.5 Å². The van der Waals surface area contributed by atoms with E-state index in [-0.39, 0.29) is 5.75 Å². The molecule has 0 bridgehead atoms. The second-order valence-electron chi connectivity index (χ2n) is 5.42. The molecule has 1 aromatic carbocycles. The van der Waals surface area contributed by atoms with Gasteiger partial charge < -0.3 is 19.7 Å². The molecule has 0 radical (unpaired) electrons. The van der Waals surface area contributed by atoms with Crippen LogP contribution in [-0.4, -0.2) is 52.3 Å². The minimum atomic E-state index is -1.14. The molecule has 0 aliphatic carbocycles. The lowest BCUT2D eigenvalue weighted by Crippen LogP contribution is -2.33. The van der Waals surface area contributed by atoms with Gasteiger partial charge in [-0.1, -0.05) is 6.92 Å². The molecule has 126 valence electrons. The van der Waals surface area contributed by atoms with E-state index >= 15 is 0 Å². The third-order valence-corrected chi connectivity index (χ3v) is 4.63. The van der Waals surface area contributed by atoms with Gasteiger partial charge in [-0.25, -0.2) is 4.79 Å². The SMILES string of the molecule is CCCOCCOc1ccc(C2=N[C@@](C)(C(=O)O)CS2)c(O)c1. The average molecular weight is 339 g/mol. The van der Waals surface area contributed by atoms with Gasteiger partial charge in [0, 0.05) is 24.0 Å². The van der Waals surface area contributed by atoms with E-state index in [4.69, 9.17) is 9.47 Å². The highest BCUT2D eigenvalue weighted by Crippen LogP contribution is 2.35. The maximum Gasteiger partial charge on any atom is 0.332 e. The van der Waals surface area contributed by atoms with Crippen molar-refractivity contribution in [2.45, 2.75) is 25.8 Å². The van der Waals surface area contributed by atoms with E-state index < -0.39 is 11.5 Å². The number of carboxylic acid groups (broad SMARTS) is 1. The molecule has 2 rings (SSSR count). The van der Waals surface area contributed by atoms with Crippen molar-refractivity contribution in [3.05, 3.63) is 23.8 Å². The molecule has 0 saturated heterocycles. The first kappa shape index (κ1) is 17.6. The van der Waals surface area contributed by atoms with Crippen LogP contribution in [0, 0.1) is 0 Å². The molecule has 0 unspecified atom stereocenters. The van der Waals surface area contributed by atoms with Gasteiger partial charge in [0.05, 0.1) is 6.61 Å². The summed E-state index contributed by atoms with van der Waals surface area (Å²) in [6.07, 6.45) is 0.963. The quantitative estimate of drug-likeness (QED) is 0.708. The van der Waals surface area contributed by atoms with Crippen molar-refractivity contribution in [2.24, 2.45) is 4.99 Å². The average Bonchev–Trinajstić information content (AvgIpc) is 2.91. The lowest BCUT2D eigenvalue weighted by molar-refractivity contribution is -0.141. The normalized spacial score (nSPS) is 20.3. The van der Waals surface area contributed by atoms with Gasteiger partial charge in [-0.05, 0) is 25.5 Å². The molecule has 1 aliphatic heterocycles. The number of ether oxygens (including phenoxy) is 2. The zero-order valence-corrected chi connectivity index (χ0v) is 14.1. The van der Waals surface area contributed by atoms with Crippen molar-refractivity contribution >= 4 is 22.8 Å². The summed E-state index contributed by atoms with van der Waals surface area (Å²) in [6, 6.07) is 4.93. The van der Waals surface area contributed by atoms with Gasteiger partial charge in [0.2, 0.25) is 0 Å². The second kappa shape index (κ2) is 7.70. The Bertz CT molecular complexity index is 604. The van der Waals surface area contributed by atoms with Gasteiger partial charge in [-0.3, -0.25) is 4.99 Å². The monoisotopic (exact) mass is 339 g/mol. The van der Waals surface area contributed by atoms with Crippen LogP contribution in [0.3, 0.4) is 0 Å². The van der Waals surface area contributed by atoms with E-state index in [0.29, 0.717) is 41.9 Å². The van der Waals surface area contributed by atoms with Gasteiger partial charge in [0.15, 0.2) is 5.54 Å². The molecular weight excluding hydrogens is 318 g/mol. The molecule has 6 nitrogen and oxygen atoms in total. The summed E-state index contributed by atoms with van der Waals surface area (Å²) in [5, 5.41) is 19.9. The number of rotatable bonds is 8. The number of aromatic hydroxyl groups is 1. The summed E-state index contributed by atoms with van der Waals surface area (Å²) in [7, 11) is 0. The Balaban J connectivity index is 2.01. The van der Waals surface area contributed by atoms with E-state index in [1.807, 2.05) is 6.92 Å². The van der Waals surface area contributed by atoms with E-state index in [0.717, 1.165) is 6.42 Å². The van der Waals surface area contributed by atoms with E-state index in [1.165, 1.54) is 17.8 Å². The summed E-state index contributed by atoms with van der Waals surface area (Å²) in [5.41, 5.74) is -0.618. The topological polar surface area (TPSA) is 88.4 Å². The predicted molar refractivity (Wildman–Crippen MR) is 89.7 cm³/mol. The van der Waals surface area contributed by atoms with Gasteiger partial charge in [0.25, 0.3) is 0 Å². The Morgan fingerprint density at radius 1 is 1.39 bits per heavy atom. The van der Waals surface area contributed by atoms with Crippen molar-refractivity contribution in [1.82, 2.24) is 0 Å². The molecule has 0 spiro atoms. The van der Waals surface area contributed by atoms with Gasteiger partial charge >= 0.3 is 5.97 Å². The van der Waals surface area contributed by atoms with Crippen LogP contribution in [0.1, 0.15) is 25.8 Å². The Hall–Kier alpha value is -1.73.